The fourth-order valence-electron chi connectivity index (χ4n) is 1.64. The Morgan fingerprint density at radius 2 is 2.05 bits per heavy atom. The van der Waals surface area contributed by atoms with Crippen LogP contribution in [-0.2, 0) is 4.79 Å². The molecule has 0 unspecified atom stereocenters. The van der Waals surface area contributed by atoms with Gasteiger partial charge in [-0.25, -0.2) is 0 Å². The number of carboxylic acids is 1. The molecule has 0 radical (unpaired) electrons. The minimum atomic E-state index is -0.860. The molecular weight excluding hydrogens is 246 g/mol. The average Bonchev–Trinajstić information content (AvgIpc) is 2.40. The van der Waals surface area contributed by atoms with Crippen LogP contribution in [0.3, 0.4) is 0 Å². The van der Waals surface area contributed by atoms with Crippen molar-refractivity contribution < 1.29 is 14.7 Å². The van der Waals surface area contributed by atoms with Crippen molar-refractivity contribution in [1.82, 2.24) is 9.88 Å². The highest BCUT2D eigenvalue weighted by atomic mass is 16.4. The third kappa shape index (κ3) is 4.57. The first-order valence-electron chi connectivity index (χ1n) is 6.29. The second kappa shape index (κ2) is 7.35. The largest absolute Gasteiger partial charge is 0.481 e. The maximum Gasteiger partial charge on any atom is 0.305 e. The van der Waals surface area contributed by atoms with Crippen LogP contribution >= 0.6 is 0 Å². The van der Waals surface area contributed by atoms with Crippen LogP contribution in [0.25, 0.3) is 0 Å². The lowest BCUT2D eigenvalue weighted by molar-refractivity contribution is -0.136. The Hall–Kier alpha value is -2.11. The number of rotatable bonds is 7. The number of amides is 1. The van der Waals surface area contributed by atoms with Gasteiger partial charge in [0, 0.05) is 31.5 Å². The van der Waals surface area contributed by atoms with Crippen LogP contribution in [0.2, 0.25) is 0 Å². The van der Waals surface area contributed by atoms with Crippen LogP contribution in [0.1, 0.15) is 30.8 Å². The Labute approximate surface area is 112 Å². The number of anilines is 1. The average molecular weight is 265 g/mol. The lowest BCUT2D eigenvalue weighted by Gasteiger charge is -2.18. The fourth-order valence-corrected chi connectivity index (χ4v) is 1.64. The quantitative estimate of drug-likeness (QED) is 0.779. The summed E-state index contributed by atoms with van der Waals surface area (Å²) in [5.41, 5.74) is 1.07. The smallest absolute Gasteiger partial charge is 0.305 e. The number of hydrogen-bond donors (Lipinski definition) is 2. The van der Waals surface area contributed by atoms with E-state index in [1.54, 1.807) is 23.2 Å². The number of nitrogens with one attached hydrogen (secondary N) is 1. The Morgan fingerprint density at radius 1 is 1.37 bits per heavy atom. The van der Waals surface area contributed by atoms with Crippen LogP contribution in [0.15, 0.2) is 18.3 Å². The molecule has 0 saturated heterocycles. The highest BCUT2D eigenvalue weighted by Gasteiger charge is 2.13. The van der Waals surface area contributed by atoms with Gasteiger partial charge in [-0.1, -0.05) is 0 Å². The number of hydrogen-bond acceptors (Lipinski definition) is 4. The van der Waals surface area contributed by atoms with Crippen LogP contribution < -0.4 is 5.32 Å². The summed E-state index contributed by atoms with van der Waals surface area (Å²) >= 11 is 0. The molecule has 0 aliphatic heterocycles. The van der Waals surface area contributed by atoms with Crippen molar-refractivity contribution in [2.24, 2.45) is 0 Å². The van der Waals surface area contributed by atoms with Gasteiger partial charge in [0.15, 0.2) is 0 Å². The predicted octanol–water partition coefficient (Wildman–Crippen LogP) is 1.45. The van der Waals surface area contributed by atoms with E-state index in [0.717, 1.165) is 0 Å². The van der Waals surface area contributed by atoms with Crippen LogP contribution in [0, 0.1) is 0 Å². The second-order valence-corrected chi connectivity index (χ2v) is 3.98. The molecule has 1 aromatic rings. The molecule has 0 aliphatic carbocycles. The van der Waals surface area contributed by atoms with Gasteiger partial charge >= 0.3 is 5.97 Å². The van der Waals surface area contributed by atoms with E-state index in [1.165, 1.54) is 0 Å². The molecule has 1 amide bonds. The minimum absolute atomic E-state index is 0.0294. The molecule has 1 aromatic heterocycles. The van der Waals surface area contributed by atoms with Crippen molar-refractivity contribution in [3.8, 4) is 0 Å². The number of aliphatic carboxylic acids is 1. The molecule has 6 nitrogen and oxygen atoms in total. The van der Waals surface area contributed by atoms with Gasteiger partial charge in [0.25, 0.3) is 5.91 Å². The maximum absolute atomic E-state index is 12.1. The highest BCUT2D eigenvalue weighted by Crippen LogP contribution is 2.10. The van der Waals surface area contributed by atoms with E-state index in [0.29, 0.717) is 31.0 Å². The summed E-state index contributed by atoms with van der Waals surface area (Å²) in [7, 11) is 0. The summed E-state index contributed by atoms with van der Waals surface area (Å²) in [6.45, 7) is 5.41. The highest BCUT2D eigenvalue weighted by molar-refractivity contribution is 5.93. The summed E-state index contributed by atoms with van der Waals surface area (Å²) in [5.74, 6) is -0.979. The zero-order valence-electron chi connectivity index (χ0n) is 11.2. The van der Waals surface area contributed by atoms with Gasteiger partial charge in [-0.2, -0.15) is 0 Å². The van der Waals surface area contributed by atoms with Crippen molar-refractivity contribution in [3.05, 3.63) is 24.0 Å². The van der Waals surface area contributed by atoms with E-state index in [9.17, 15) is 9.59 Å². The molecule has 1 heterocycles. The van der Waals surface area contributed by atoms with Crippen molar-refractivity contribution in [1.29, 1.82) is 0 Å². The fraction of sp³-hybridized carbons (Fsp3) is 0.462. The number of aromatic nitrogens is 1. The molecule has 6 heteroatoms. The zero-order chi connectivity index (χ0) is 14.3. The van der Waals surface area contributed by atoms with Crippen molar-refractivity contribution in [2.45, 2.75) is 20.3 Å². The van der Waals surface area contributed by atoms with Crippen LogP contribution in [-0.4, -0.2) is 46.5 Å². The zero-order valence-corrected chi connectivity index (χ0v) is 11.2. The summed E-state index contributed by atoms with van der Waals surface area (Å²) in [4.78, 5) is 28.2. The van der Waals surface area contributed by atoms with E-state index >= 15 is 0 Å². The van der Waals surface area contributed by atoms with E-state index in [1.807, 2.05) is 13.8 Å². The number of carboxylic acid groups (broad SMARTS) is 1. The van der Waals surface area contributed by atoms with Crippen molar-refractivity contribution in [2.75, 3.05) is 25.0 Å². The Morgan fingerprint density at radius 3 is 2.63 bits per heavy atom. The number of nitrogens with zero attached hydrogens (tertiary/aromatic N) is 2. The van der Waals surface area contributed by atoms with Gasteiger partial charge in [0.05, 0.1) is 6.42 Å². The molecule has 0 bridgehead atoms. The van der Waals surface area contributed by atoms with Crippen molar-refractivity contribution >= 4 is 17.6 Å². The SMILES string of the molecule is CCN(CC)C(=O)c1cc(NCCC(=O)O)ccn1. The molecule has 1 rings (SSSR count). The molecule has 2 N–H and O–H groups in total. The predicted molar refractivity (Wildman–Crippen MR) is 72.2 cm³/mol. The minimum Gasteiger partial charge on any atom is -0.481 e. The van der Waals surface area contributed by atoms with Gasteiger partial charge in [0.1, 0.15) is 5.69 Å². The molecule has 0 aromatic carbocycles. The van der Waals surface area contributed by atoms with E-state index in [4.69, 9.17) is 5.11 Å². The van der Waals surface area contributed by atoms with Crippen LogP contribution in [0.4, 0.5) is 5.69 Å². The van der Waals surface area contributed by atoms with E-state index in [2.05, 4.69) is 10.3 Å². The normalized spacial score (nSPS) is 10.0. The lowest BCUT2D eigenvalue weighted by atomic mass is 10.2. The van der Waals surface area contributed by atoms with E-state index in [-0.39, 0.29) is 12.3 Å². The second-order valence-electron chi connectivity index (χ2n) is 3.98. The number of carbonyl (C=O) groups is 2. The van der Waals surface area contributed by atoms with Gasteiger partial charge in [-0.15, -0.1) is 0 Å². The maximum atomic E-state index is 12.1. The Kier molecular flexibility index (Phi) is 5.78. The first-order chi connectivity index (χ1) is 9.08. The molecule has 0 spiro atoms. The standard InChI is InChI=1S/C13H19N3O3/c1-3-16(4-2)13(19)11-9-10(5-7-15-11)14-8-6-12(17)18/h5,7,9H,3-4,6,8H2,1-2H3,(H,14,15)(H,17,18). The molecule has 0 atom stereocenters. The first-order valence-corrected chi connectivity index (χ1v) is 6.29. The number of carbonyl (C=O) groups excluding carboxylic acids is 1. The third-order valence-electron chi connectivity index (χ3n) is 2.70. The third-order valence-corrected chi connectivity index (χ3v) is 2.70. The van der Waals surface area contributed by atoms with Crippen molar-refractivity contribution in [3.63, 3.8) is 0 Å². The van der Waals surface area contributed by atoms with Gasteiger partial charge < -0.3 is 15.3 Å². The molecule has 19 heavy (non-hydrogen) atoms. The summed E-state index contributed by atoms with van der Waals surface area (Å²) in [6.07, 6.45) is 1.57. The summed E-state index contributed by atoms with van der Waals surface area (Å²) in [5, 5.41) is 11.5. The molecule has 0 saturated carbocycles. The van der Waals surface area contributed by atoms with E-state index < -0.39 is 5.97 Å². The van der Waals surface area contributed by atoms with Gasteiger partial charge in [-0.3, -0.25) is 14.6 Å². The molecule has 0 fully saturated rings. The first kappa shape index (κ1) is 14.9. The number of pyridine rings is 1. The Balaban J connectivity index is 2.71. The molecule has 104 valence electrons. The summed E-state index contributed by atoms with van der Waals surface area (Å²) in [6, 6.07) is 3.35. The summed E-state index contributed by atoms with van der Waals surface area (Å²) < 4.78 is 0. The monoisotopic (exact) mass is 265 g/mol. The van der Waals surface area contributed by atoms with Gasteiger partial charge in [-0.05, 0) is 26.0 Å². The Bertz CT molecular complexity index is 445. The molecule has 0 aliphatic rings. The topological polar surface area (TPSA) is 82.5 Å². The van der Waals surface area contributed by atoms with Crippen LogP contribution in [0.5, 0.6) is 0 Å². The van der Waals surface area contributed by atoms with Gasteiger partial charge in [0.2, 0.25) is 0 Å². The molecular formula is C13H19N3O3. The lowest BCUT2D eigenvalue weighted by Crippen LogP contribution is -2.31.